The fourth-order valence-electron chi connectivity index (χ4n) is 1.23. The third-order valence-corrected chi connectivity index (χ3v) is 2.51. The summed E-state index contributed by atoms with van der Waals surface area (Å²) in [4.78, 5) is 21.1. The predicted octanol–water partition coefficient (Wildman–Crippen LogP) is 1.69. The van der Waals surface area contributed by atoms with Gasteiger partial charge in [-0.05, 0) is 22.0 Å². The van der Waals surface area contributed by atoms with E-state index in [1.165, 1.54) is 12.1 Å². The summed E-state index contributed by atoms with van der Waals surface area (Å²) in [5.74, 6) is 0.0350. The first-order valence-corrected chi connectivity index (χ1v) is 4.78. The molecule has 1 aliphatic rings. The van der Waals surface area contributed by atoms with Gasteiger partial charge in [0.2, 0.25) is 0 Å². The van der Waals surface area contributed by atoms with E-state index in [9.17, 15) is 14.9 Å². The fourth-order valence-corrected chi connectivity index (χ4v) is 1.72. The SMILES string of the molecule is O=C1COc2cc([N+](=O)[O-])c(Br)cc2N1. The van der Waals surface area contributed by atoms with Gasteiger partial charge in [-0.1, -0.05) is 0 Å². The molecule has 1 aliphatic heterocycles. The summed E-state index contributed by atoms with van der Waals surface area (Å²) in [6.45, 7) is -0.119. The van der Waals surface area contributed by atoms with Gasteiger partial charge in [-0.15, -0.1) is 0 Å². The van der Waals surface area contributed by atoms with E-state index in [1.54, 1.807) is 0 Å². The van der Waals surface area contributed by atoms with Crippen molar-refractivity contribution in [3.63, 3.8) is 0 Å². The second-order valence-electron chi connectivity index (χ2n) is 2.89. The van der Waals surface area contributed by atoms with E-state index in [-0.39, 0.29) is 18.2 Å². The van der Waals surface area contributed by atoms with Crippen LogP contribution in [0.3, 0.4) is 0 Å². The zero-order chi connectivity index (χ0) is 11.0. The molecule has 1 aromatic rings. The number of hydrogen-bond acceptors (Lipinski definition) is 4. The maximum absolute atomic E-state index is 11.0. The molecule has 78 valence electrons. The van der Waals surface area contributed by atoms with Crippen molar-refractivity contribution in [2.24, 2.45) is 0 Å². The molecular weight excluding hydrogens is 268 g/mol. The average Bonchev–Trinajstić information content (AvgIpc) is 2.15. The molecule has 0 aromatic heterocycles. The maximum atomic E-state index is 11.0. The molecule has 0 unspecified atom stereocenters. The number of anilines is 1. The van der Waals surface area contributed by atoms with Gasteiger partial charge in [-0.2, -0.15) is 0 Å². The van der Waals surface area contributed by atoms with Crippen molar-refractivity contribution in [3.05, 3.63) is 26.7 Å². The Hall–Kier alpha value is -1.63. The van der Waals surface area contributed by atoms with Crippen LogP contribution in [0.25, 0.3) is 0 Å². The molecule has 0 spiro atoms. The Bertz CT molecular complexity index is 460. The first kappa shape index (κ1) is 9.91. The number of nitro groups is 1. The molecule has 15 heavy (non-hydrogen) atoms. The quantitative estimate of drug-likeness (QED) is 0.623. The molecule has 2 rings (SSSR count). The highest BCUT2D eigenvalue weighted by Gasteiger charge is 2.22. The minimum atomic E-state index is -0.524. The molecule has 0 fully saturated rings. The highest BCUT2D eigenvalue weighted by Crippen LogP contribution is 2.37. The summed E-state index contributed by atoms with van der Waals surface area (Å²) in [5, 5.41) is 13.2. The number of rotatable bonds is 1. The van der Waals surface area contributed by atoms with Gasteiger partial charge in [0.25, 0.3) is 11.6 Å². The number of benzene rings is 1. The molecule has 0 atom stereocenters. The van der Waals surface area contributed by atoms with Gasteiger partial charge in [0.05, 0.1) is 21.1 Å². The van der Waals surface area contributed by atoms with Crippen molar-refractivity contribution in [2.75, 3.05) is 11.9 Å². The number of carbonyl (C=O) groups excluding carboxylic acids is 1. The van der Waals surface area contributed by atoms with Crippen molar-refractivity contribution >= 4 is 33.2 Å². The van der Waals surface area contributed by atoms with E-state index < -0.39 is 4.92 Å². The molecule has 6 nitrogen and oxygen atoms in total. The standard InChI is InChI=1S/C8H5BrN2O4/c9-4-1-5-7(2-6(4)11(13)14)15-3-8(12)10-5/h1-2H,3H2,(H,10,12). The number of amides is 1. The lowest BCUT2D eigenvalue weighted by Gasteiger charge is -2.17. The molecule has 0 bridgehead atoms. The monoisotopic (exact) mass is 272 g/mol. The number of nitrogens with one attached hydrogen (secondary N) is 1. The minimum absolute atomic E-state index is 0.0927. The van der Waals surface area contributed by atoms with Gasteiger partial charge < -0.3 is 10.1 Å². The Balaban J connectivity index is 2.50. The van der Waals surface area contributed by atoms with Crippen LogP contribution in [-0.2, 0) is 4.79 Å². The van der Waals surface area contributed by atoms with Gasteiger partial charge in [0, 0.05) is 0 Å². The van der Waals surface area contributed by atoms with Crippen LogP contribution in [-0.4, -0.2) is 17.4 Å². The van der Waals surface area contributed by atoms with E-state index in [2.05, 4.69) is 21.2 Å². The number of hydrogen-bond donors (Lipinski definition) is 1. The number of nitro benzene ring substituents is 1. The Kier molecular flexibility index (Phi) is 2.31. The molecule has 7 heteroatoms. The highest BCUT2D eigenvalue weighted by atomic mass is 79.9. The third-order valence-electron chi connectivity index (χ3n) is 1.88. The minimum Gasteiger partial charge on any atom is -0.481 e. The summed E-state index contributed by atoms with van der Waals surface area (Å²) in [7, 11) is 0. The number of carbonyl (C=O) groups is 1. The van der Waals surface area contributed by atoms with E-state index in [0.29, 0.717) is 15.9 Å². The lowest BCUT2D eigenvalue weighted by molar-refractivity contribution is -0.385. The van der Waals surface area contributed by atoms with E-state index in [1.807, 2.05) is 0 Å². The van der Waals surface area contributed by atoms with Crippen molar-refractivity contribution in [2.45, 2.75) is 0 Å². The number of fused-ring (bicyclic) bond motifs is 1. The Morgan fingerprint density at radius 3 is 2.93 bits per heavy atom. The van der Waals surface area contributed by atoms with Crippen LogP contribution in [0.2, 0.25) is 0 Å². The van der Waals surface area contributed by atoms with Crippen molar-refractivity contribution < 1.29 is 14.5 Å². The van der Waals surface area contributed by atoms with Crippen LogP contribution in [0.15, 0.2) is 16.6 Å². The van der Waals surface area contributed by atoms with E-state index >= 15 is 0 Å². The Morgan fingerprint density at radius 1 is 1.53 bits per heavy atom. The van der Waals surface area contributed by atoms with Crippen LogP contribution in [0.1, 0.15) is 0 Å². The topological polar surface area (TPSA) is 81.5 Å². The van der Waals surface area contributed by atoms with Gasteiger partial charge in [-0.3, -0.25) is 14.9 Å². The first-order chi connectivity index (χ1) is 7.08. The number of halogens is 1. The molecule has 0 aliphatic carbocycles. The lowest BCUT2D eigenvalue weighted by atomic mass is 10.2. The first-order valence-electron chi connectivity index (χ1n) is 3.98. The normalized spacial score (nSPS) is 13.8. The zero-order valence-corrected chi connectivity index (χ0v) is 8.91. The largest absolute Gasteiger partial charge is 0.481 e. The lowest BCUT2D eigenvalue weighted by Crippen LogP contribution is -2.25. The second-order valence-corrected chi connectivity index (χ2v) is 3.75. The highest BCUT2D eigenvalue weighted by molar-refractivity contribution is 9.10. The van der Waals surface area contributed by atoms with Crippen molar-refractivity contribution in [1.29, 1.82) is 0 Å². The van der Waals surface area contributed by atoms with Crippen LogP contribution in [0.5, 0.6) is 5.75 Å². The Labute approximate surface area is 92.5 Å². The Morgan fingerprint density at radius 2 is 2.27 bits per heavy atom. The summed E-state index contributed by atoms with van der Waals surface area (Å²) in [6, 6.07) is 2.73. The molecule has 1 amide bonds. The molecular formula is C8H5BrN2O4. The zero-order valence-electron chi connectivity index (χ0n) is 7.32. The summed E-state index contributed by atoms with van der Waals surface area (Å²) < 4.78 is 5.35. The van der Waals surface area contributed by atoms with Crippen LogP contribution in [0.4, 0.5) is 11.4 Å². The van der Waals surface area contributed by atoms with Crippen LogP contribution >= 0.6 is 15.9 Å². The van der Waals surface area contributed by atoms with E-state index in [0.717, 1.165) is 0 Å². The molecule has 0 radical (unpaired) electrons. The fraction of sp³-hybridized carbons (Fsp3) is 0.125. The molecule has 0 saturated heterocycles. The summed E-state index contributed by atoms with van der Waals surface area (Å²) in [6.07, 6.45) is 0. The molecule has 0 saturated carbocycles. The average molecular weight is 273 g/mol. The van der Waals surface area contributed by atoms with Crippen molar-refractivity contribution in [1.82, 2.24) is 0 Å². The predicted molar refractivity (Wildman–Crippen MR) is 54.9 cm³/mol. The van der Waals surface area contributed by atoms with Gasteiger partial charge in [0.1, 0.15) is 0 Å². The molecule has 1 aromatic carbocycles. The number of ether oxygens (including phenoxy) is 1. The number of nitrogens with zero attached hydrogens (tertiary/aromatic N) is 1. The van der Waals surface area contributed by atoms with E-state index in [4.69, 9.17) is 4.74 Å². The smallest absolute Gasteiger partial charge is 0.287 e. The molecule has 1 heterocycles. The maximum Gasteiger partial charge on any atom is 0.287 e. The second kappa shape index (κ2) is 3.50. The third kappa shape index (κ3) is 1.78. The van der Waals surface area contributed by atoms with Gasteiger partial charge in [0.15, 0.2) is 12.4 Å². The summed E-state index contributed by atoms with van der Waals surface area (Å²) >= 11 is 3.05. The van der Waals surface area contributed by atoms with Crippen LogP contribution in [0, 0.1) is 10.1 Å². The van der Waals surface area contributed by atoms with Gasteiger partial charge >= 0.3 is 0 Å². The van der Waals surface area contributed by atoms with Gasteiger partial charge in [-0.25, -0.2) is 0 Å². The van der Waals surface area contributed by atoms with Crippen molar-refractivity contribution in [3.8, 4) is 5.75 Å². The molecule has 1 N–H and O–H groups in total. The van der Waals surface area contributed by atoms with Crippen LogP contribution < -0.4 is 10.1 Å². The summed E-state index contributed by atoms with van der Waals surface area (Å²) in [5.41, 5.74) is 0.341.